The highest BCUT2D eigenvalue weighted by Gasteiger charge is 2.25. The molecular weight excluding hydrogens is 190 g/mol. The zero-order chi connectivity index (χ0) is 11.3. The van der Waals surface area contributed by atoms with Gasteiger partial charge in [0.1, 0.15) is 5.82 Å². The monoisotopic (exact) mass is 209 g/mol. The number of hydrogen-bond acceptors (Lipinski definition) is 3. The van der Waals surface area contributed by atoms with E-state index in [0.717, 1.165) is 30.9 Å². The molecule has 2 aliphatic heterocycles. The number of carbonyl (C=O) groups excluding carboxylic acids is 1. The van der Waals surface area contributed by atoms with Crippen molar-refractivity contribution >= 4 is 5.91 Å². The second-order valence-corrected chi connectivity index (χ2v) is 3.17. The molecule has 2 rings (SSSR count). The van der Waals surface area contributed by atoms with Crippen LogP contribution in [-0.4, -0.2) is 17.5 Å². The number of nitrogens with zero attached hydrogens (tertiary/aromatic N) is 1. The van der Waals surface area contributed by atoms with Crippen molar-refractivity contribution < 1.29 is 4.79 Å². The lowest BCUT2D eigenvalue weighted by molar-refractivity contribution is -0.126. The summed E-state index contributed by atoms with van der Waals surface area (Å²) in [6.45, 7) is 6.82. The molecule has 0 aromatic heterocycles. The molecule has 0 spiro atoms. The molecule has 0 aromatic rings. The molecule has 0 unspecified atom stereocenters. The minimum atomic E-state index is 0.0194. The molecule has 0 saturated heterocycles. The molecule has 2 N–H and O–H groups in total. The van der Waals surface area contributed by atoms with Crippen molar-refractivity contribution in [1.82, 2.24) is 15.8 Å². The van der Waals surface area contributed by atoms with Crippen LogP contribution in [0.4, 0.5) is 0 Å². The maximum atomic E-state index is 11.5. The largest absolute Gasteiger partial charge is 0.344 e. The zero-order valence-corrected chi connectivity index (χ0v) is 9.63. The molecule has 15 heavy (non-hydrogen) atoms. The molecule has 1 amide bonds. The highest BCUT2D eigenvalue weighted by Crippen LogP contribution is 2.15. The van der Waals surface area contributed by atoms with Gasteiger partial charge in [-0.2, -0.15) is 0 Å². The van der Waals surface area contributed by atoms with Gasteiger partial charge < -0.3 is 5.32 Å². The Hall–Kier alpha value is -1.29. The Kier molecular flexibility index (Phi) is 4.37. The summed E-state index contributed by atoms with van der Waals surface area (Å²) in [6, 6.07) is 0. The van der Waals surface area contributed by atoms with Gasteiger partial charge >= 0.3 is 0 Å². The van der Waals surface area contributed by atoms with Gasteiger partial charge in [0.25, 0.3) is 5.91 Å². The van der Waals surface area contributed by atoms with Gasteiger partial charge in [0.2, 0.25) is 0 Å². The van der Waals surface area contributed by atoms with Crippen molar-refractivity contribution in [3.8, 4) is 0 Å². The lowest BCUT2D eigenvalue weighted by Crippen LogP contribution is -2.43. The summed E-state index contributed by atoms with van der Waals surface area (Å²) >= 11 is 0. The molecule has 0 fully saturated rings. The Balaban J connectivity index is 0.000000531. The van der Waals surface area contributed by atoms with Crippen LogP contribution in [-0.2, 0) is 4.79 Å². The third kappa shape index (κ3) is 2.59. The van der Waals surface area contributed by atoms with Crippen LogP contribution in [0.5, 0.6) is 0 Å². The van der Waals surface area contributed by atoms with Crippen LogP contribution in [0, 0.1) is 0 Å². The first-order valence-electron chi connectivity index (χ1n) is 5.56. The highest BCUT2D eigenvalue weighted by molar-refractivity contribution is 5.90. The summed E-state index contributed by atoms with van der Waals surface area (Å²) in [5.74, 6) is 0.891. The summed E-state index contributed by atoms with van der Waals surface area (Å²) in [5.41, 5.74) is 3.97. The molecule has 4 nitrogen and oxygen atoms in total. The van der Waals surface area contributed by atoms with Gasteiger partial charge in [-0.1, -0.05) is 27.2 Å². The van der Waals surface area contributed by atoms with E-state index in [-0.39, 0.29) is 5.91 Å². The van der Waals surface area contributed by atoms with E-state index in [0.29, 0.717) is 0 Å². The van der Waals surface area contributed by atoms with Crippen LogP contribution in [0.1, 0.15) is 33.6 Å². The van der Waals surface area contributed by atoms with Crippen molar-refractivity contribution in [3.05, 3.63) is 23.7 Å². The van der Waals surface area contributed by atoms with Gasteiger partial charge in [-0.05, 0) is 12.5 Å². The predicted molar refractivity (Wildman–Crippen MR) is 60.4 cm³/mol. The molecule has 0 bridgehead atoms. The molecule has 2 aliphatic rings. The van der Waals surface area contributed by atoms with Crippen LogP contribution >= 0.6 is 0 Å². The number of rotatable bonds is 2. The molecule has 0 saturated carbocycles. The number of allylic oxidation sites excluding steroid dienone is 1. The SMILES string of the molecule is CC.CCCC1=CC(=O)N2NCC=C2N1. The average molecular weight is 209 g/mol. The number of fused-ring (bicyclic) bond motifs is 1. The first-order chi connectivity index (χ1) is 7.31. The van der Waals surface area contributed by atoms with E-state index in [1.165, 1.54) is 0 Å². The van der Waals surface area contributed by atoms with Crippen molar-refractivity contribution in [2.45, 2.75) is 33.6 Å². The van der Waals surface area contributed by atoms with Gasteiger partial charge in [-0.3, -0.25) is 4.79 Å². The molecule has 2 heterocycles. The van der Waals surface area contributed by atoms with Gasteiger partial charge in [0.05, 0.1) is 0 Å². The van der Waals surface area contributed by atoms with Crippen molar-refractivity contribution in [1.29, 1.82) is 0 Å². The fourth-order valence-corrected chi connectivity index (χ4v) is 1.53. The van der Waals surface area contributed by atoms with E-state index < -0.39 is 0 Å². The van der Waals surface area contributed by atoms with Crippen molar-refractivity contribution in [2.24, 2.45) is 0 Å². The maximum Gasteiger partial charge on any atom is 0.268 e. The summed E-state index contributed by atoms with van der Waals surface area (Å²) in [5, 5.41) is 4.75. The fourth-order valence-electron chi connectivity index (χ4n) is 1.53. The number of nitrogens with one attached hydrogen (secondary N) is 2. The first-order valence-corrected chi connectivity index (χ1v) is 5.56. The highest BCUT2D eigenvalue weighted by atomic mass is 16.2. The molecular formula is C11H19N3O. The van der Waals surface area contributed by atoms with Crippen LogP contribution in [0.2, 0.25) is 0 Å². The minimum absolute atomic E-state index is 0.0194. The van der Waals surface area contributed by atoms with E-state index in [1.54, 1.807) is 11.1 Å². The second-order valence-electron chi connectivity index (χ2n) is 3.17. The van der Waals surface area contributed by atoms with Crippen molar-refractivity contribution in [2.75, 3.05) is 6.54 Å². The summed E-state index contributed by atoms with van der Waals surface area (Å²) in [6.07, 6.45) is 5.60. The molecule has 84 valence electrons. The molecule has 0 aromatic carbocycles. The summed E-state index contributed by atoms with van der Waals surface area (Å²) in [7, 11) is 0. The smallest absolute Gasteiger partial charge is 0.268 e. The van der Waals surface area contributed by atoms with Gasteiger partial charge in [0, 0.05) is 18.3 Å². The lowest BCUT2D eigenvalue weighted by atomic mass is 10.2. The second kappa shape index (κ2) is 5.56. The average Bonchev–Trinajstić information content (AvgIpc) is 2.70. The Morgan fingerprint density at radius 2 is 2.20 bits per heavy atom. The summed E-state index contributed by atoms with van der Waals surface area (Å²) in [4.78, 5) is 11.5. The normalized spacial score (nSPS) is 18.3. The van der Waals surface area contributed by atoms with Crippen LogP contribution < -0.4 is 10.7 Å². The number of hydrogen-bond donors (Lipinski definition) is 2. The fraction of sp³-hybridized carbons (Fsp3) is 0.545. The Labute approximate surface area is 91.0 Å². The van der Waals surface area contributed by atoms with E-state index in [2.05, 4.69) is 17.7 Å². The van der Waals surface area contributed by atoms with Gasteiger partial charge in [-0.25, -0.2) is 10.4 Å². The first kappa shape index (κ1) is 11.8. The Bertz CT molecular complexity index is 294. The maximum absolute atomic E-state index is 11.5. The number of amides is 1. The van der Waals surface area contributed by atoms with E-state index in [4.69, 9.17) is 0 Å². The van der Waals surface area contributed by atoms with Gasteiger partial charge in [-0.15, -0.1) is 0 Å². The van der Waals surface area contributed by atoms with Crippen LogP contribution in [0.25, 0.3) is 0 Å². The molecule has 0 aliphatic carbocycles. The van der Waals surface area contributed by atoms with E-state index >= 15 is 0 Å². The third-order valence-electron chi connectivity index (χ3n) is 2.11. The van der Waals surface area contributed by atoms with Gasteiger partial charge in [0.15, 0.2) is 0 Å². The number of carbonyl (C=O) groups is 1. The number of hydrazine groups is 1. The van der Waals surface area contributed by atoms with E-state index in [1.807, 2.05) is 19.9 Å². The summed E-state index contributed by atoms with van der Waals surface area (Å²) < 4.78 is 0. The standard InChI is InChI=1S/C9H13N3O.C2H6/c1-2-3-7-6-9(13)12-8(11-7)4-5-10-12;1-2/h4,6,10-11H,2-3,5H2,1H3;1-2H3. The lowest BCUT2D eigenvalue weighted by Gasteiger charge is -2.25. The molecule has 0 radical (unpaired) electrons. The van der Waals surface area contributed by atoms with Crippen LogP contribution in [0.15, 0.2) is 23.7 Å². The molecule has 0 atom stereocenters. The Morgan fingerprint density at radius 1 is 1.47 bits per heavy atom. The minimum Gasteiger partial charge on any atom is -0.344 e. The predicted octanol–water partition coefficient (Wildman–Crippen LogP) is 1.49. The quantitative estimate of drug-likeness (QED) is 0.724. The Morgan fingerprint density at radius 3 is 2.87 bits per heavy atom. The van der Waals surface area contributed by atoms with Crippen LogP contribution in [0.3, 0.4) is 0 Å². The third-order valence-corrected chi connectivity index (χ3v) is 2.11. The molecule has 4 heteroatoms. The topological polar surface area (TPSA) is 44.4 Å². The van der Waals surface area contributed by atoms with Crippen molar-refractivity contribution in [3.63, 3.8) is 0 Å². The zero-order valence-electron chi connectivity index (χ0n) is 9.63. The van der Waals surface area contributed by atoms with E-state index in [9.17, 15) is 4.79 Å².